The number of ketones is 1. The molecule has 13 heteroatoms. The molecule has 3 rings (SSSR count). The lowest BCUT2D eigenvalue weighted by Gasteiger charge is -1.99. The SMILES string of the molecule is CC(Br)c1cc(Cl)ncn1.CCC(=O)CC(=O)OC.CCc1cc(=O)[nH]cn1.CCc1cc(Cl)ncn1. The van der Waals surface area contributed by atoms with Gasteiger partial charge in [0.05, 0.1) is 24.0 Å². The number of methoxy groups -OCH3 is 1. The number of alkyl halides is 1. The number of ether oxygens (including phenoxy) is 1. The van der Waals surface area contributed by atoms with Crippen molar-refractivity contribution in [1.82, 2.24) is 29.9 Å². The maximum atomic E-state index is 10.6. The van der Waals surface area contributed by atoms with Crippen LogP contribution in [0.1, 0.15) is 62.4 Å². The van der Waals surface area contributed by atoms with Gasteiger partial charge in [-0.25, -0.2) is 24.9 Å². The standard InChI is InChI=1S/C6H6BrClN2.C6H7ClN2.C6H8N2O.C6H10O3/c1-4(7)5-2-6(8)10-3-9-5;1-2-5-3-6(7)9-4-8-5;1-2-5-3-6(9)8-4-7-5;1-3-5(7)4-6(8)9-2/h2-4H,1H3;3-4H,2H2,1H3;3-4H,2H2,1H3,(H,7,8,9);3-4H2,1-2H3. The van der Waals surface area contributed by atoms with Crippen LogP contribution in [0, 0.1) is 0 Å². The van der Waals surface area contributed by atoms with Crippen molar-refractivity contribution in [2.75, 3.05) is 7.11 Å². The van der Waals surface area contributed by atoms with Gasteiger partial charge in [0, 0.05) is 23.9 Å². The molecule has 0 spiro atoms. The van der Waals surface area contributed by atoms with Crippen molar-refractivity contribution in [2.45, 2.75) is 58.2 Å². The predicted octanol–water partition coefficient (Wildman–Crippen LogP) is 5.14. The molecule has 0 amide bonds. The zero-order valence-electron chi connectivity index (χ0n) is 21.4. The highest BCUT2D eigenvalue weighted by atomic mass is 79.9. The van der Waals surface area contributed by atoms with Gasteiger partial charge in [-0.1, -0.05) is 59.9 Å². The average molecular weight is 618 g/mol. The van der Waals surface area contributed by atoms with E-state index < -0.39 is 5.97 Å². The van der Waals surface area contributed by atoms with Gasteiger partial charge in [0.25, 0.3) is 5.56 Å². The van der Waals surface area contributed by atoms with Crippen molar-refractivity contribution < 1.29 is 14.3 Å². The second kappa shape index (κ2) is 20.3. The molecule has 0 aromatic carbocycles. The fourth-order valence-corrected chi connectivity index (χ4v) is 2.66. The molecule has 3 heterocycles. The average Bonchev–Trinajstić information content (AvgIpc) is 2.89. The van der Waals surface area contributed by atoms with Crippen molar-refractivity contribution in [3.8, 4) is 0 Å². The van der Waals surface area contributed by atoms with Gasteiger partial charge < -0.3 is 9.72 Å². The number of carbonyl (C=O) groups excluding carboxylic acids is 2. The Labute approximate surface area is 234 Å². The Bertz CT molecular complexity index is 1130. The lowest BCUT2D eigenvalue weighted by Crippen LogP contribution is -2.07. The summed E-state index contributed by atoms with van der Waals surface area (Å²) < 4.78 is 4.26. The number of Topliss-reactive ketones (excluding diaryl/α,β-unsaturated/α-hetero) is 1. The molecular formula is C24H31BrCl2N6O4. The number of carbonyl (C=O) groups is 2. The highest BCUT2D eigenvalue weighted by molar-refractivity contribution is 9.09. The number of nitrogens with one attached hydrogen (secondary N) is 1. The number of hydrogen-bond acceptors (Lipinski definition) is 9. The molecule has 202 valence electrons. The molecule has 3 aromatic rings. The third-order valence-corrected chi connectivity index (χ3v) is 5.06. The van der Waals surface area contributed by atoms with Crippen LogP contribution >= 0.6 is 39.1 Å². The Morgan fingerprint density at radius 2 is 1.51 bits per heavy atom. The Morgan fingerprint density at radius 1 is 0.946 bits per heavy atom. The van der Waals surface area contributed by atoms with Gasteiger partial charge in [-0.3, -0.25) is 14.4 Å². The molecule has 0 aliphatic carbocycles. The minimum atomic E-state index is -0.457. The predicted molar refractivity (Wildman–Crippen MR) is 147 cm³/mol. The van der Waals surface area contributed by atoms with E-state index >= 15 is 0 Å². The largest absolute Gasteiger partial charge is 0.469 e. The summed E-state index contributed by atoms with van der Waals surface area (Å²) >= 11 is 14.6. The molecule has 0 aliphatic heterocycles. The summed E-state index contributed by atoms with van der Waals surface area (Å²) in [6, 6.07) is 5.00. The summed E-state index contributed by atoms with van der Waals surface area (Å²) in [5.41, 5.74) is 2.63. The van der Waals surface area contributed by atoms with Crippen molar-refractivity contribution in [2.24, 2.45) is 0 Å². The number of nitrogens with zero attached hydrogens (tertiary/aromatic N) is 5. The quantitative estimate of drug-likeness (QED) is 0.172. The second-order valence-electron chi connectivity index (χ2n) is 6.97. The zero-order chi connectivity index (χ0) is 28.2. The molecule has 0 radical (unpaired) electrons. The number of rotatable bonds is 6. The number of hydrogen-bond donors (Lipinski definition) is 1. The maximum Gasteiger partial charge on any atom is 0.313 e. The topological polar surface area (TPSA) is 141 Å². The molecule has 1 unspecified atom stereocenters. The molecule has 10 nitrogen and oxygen atoms in total. The first-order valence-electron chi connectivity index (χ1n) is 11.3. The Balaban J connectivity index is 0.000000468. The van der Waals surface area contributed by atoms with Gasteiger partial charge in [-0.05, 0) is 31.9 Å². The summed E-state index contributed by atoms with van der Waals surface area (Å²) in [5.74, 6) is -0.538. The Kier molecular flexibility index (Phi) is 18.8. The fourth-order valence-electron chi connectivity index (χ4n) is 2.09. The number of aromatic nitrogens is 6. The van der Waals surface area contributed by atoms with E-state index in [0.29, 0.717) is 16.7 Å². The van der Waals surface area contributed by atoms with Gasteiger partial charge in [0.1, 0.15) is 35.2 Å². The number of esters is 1. The highest BCUT2D eigenvalue weighted by Gasteiger charge is 2.05. The number of aryl methyl sites for hydroxylation is 2. The fraction of sp³-hybridized carbons (Fsp3) is 0.417. The first-order valence-corrected chi connectivity index (χ1v) is 12.9. The second-order valence-corrected chi connectivity index (χ2v) is 9.12. The van der Waals surface area contributed by atoms with E-state index in [-0.39, 0.29) is 22.6 Å². The van der Waals surface area contributed by atoms with Crippen LogP contribution in [0.3, 0.4) is 0 Å². The lowest BCUT2D eigenvalue weighted by molar-refractivity contribution is -0.143. The molecule has 0 fully saturated rings. The molecule has 3 aromatic heterocycles. The van der Waals surface area contributed by atoms with E-state index in [1.54, 1.807) is 19.1 Å². The summed E-state index contributed by atoms with van der Waals surface area (Å²) in [6.07, 6.45) is 6.37. The molecule has 0 saturated heterocycles. The monoisotopic (exact) mass is 616 g/mol. The van der Waals surface area contributed by atoms with Crippen LogP contribution in [0.15, 0.2) is 42.0 Å². The van der Waals surface area contributed by atoms with Crippen molar-refractivity contribution in [3.63, 3.8) is 0 Å². The van der Waals surface area contributed by atoms with Gasteiger partial charge in [-0.15, -0.1) is 0 Å². The molecular weight excluding hydrogens is 587 g/mol. The van der Waals surface area contributed by atoms with Crippen LogP contribution in [0.5, 0.6) is 0 Å². The van der Waals surface area contributed by atoms with Gasteiger partial charge in [0.15, 0.2) is 0 Å². The summed E-state index contributed by atoms with van der Waals surface area (Å²) in [7, 11) is 1.27. The smallest absolute Gasteiger partial charge is 0.313 e. The first-order chi connectivity index (χ1) is 17.6. The van der Waals surface area contributed by atoms with Crippen LogP contribution < -0.4 is 5.56 Å². The van der Waals surface area contributed by atoms with E-state index in [1.165, 1.54) is 32.2 Å². The molecule has 0 bridgehead atoms. The van der Waals surface area contributed by atoms with Gasteiger partial charge in [0.2, 0.25) is 0 Å². The zero-order valence-corrected chi connectivity index (χ0v) is 24.5. The number of aromatic amines is 1. The normalized spacial score (nSPS) is 10.3. The molecule has 0 saturated carbocycles. The molecule has 0 aliphatic rings. The number of halogens is 3. The minimum Gasteiger partial charge on any atom is -0.469 e. The van der Waals surface area contributed by atoms with Crippen LogP contribution in [0.4, 0.5) is 0 Å². The van der Waals surface area contributed by atoms with Crippen LogP contribution in [-0.2, 0) is 27.2 Å². The van der Waals surface area contributed by atoms with Crippen LogP contribution in [0.25, 0.3) is 0 Å². The summed E-state index contributed by atoms with van der Waals surface area (Å²) in [5, 5.41) is 0.998. The summed E-state index contributed by atoms with van der Waals surface area (Å²) in [4.78, 5) is 53.4. The summed E-state index contributed by atoms with van der Waals surface area (Å²) in [6.45, 7) is 7.68. The van der Waals surface area contributed by atoms with Crippen LogP contribution in [0.2, 0.25) is 10.3 Å². The van der Waals surface area contributed by atoms with E-state index in [9.17, 15) is 14.4 Å². The van der Waals surface area contributed by atoms with Crippen molar-refractivity contribution in [1.29, 1.82) is 0 Å². The Hall–Kier alpha value is -2.76. The van der Waals surface area contributed by atoms with E-state index in [4.69, 9.17) is 23.2 Å². The molecule has 37 heavy (non-hydrogen) atoms. The lowest BCUT2D eigenvalue weighted by atomic mass is 10.2. The molecule has 1 N–H and O–H groups in total. The Morgan fingerprint density at radius 3 is 1.89 bits per heavy atom. The van der Waals surface area contributed by atoms with E-state index in [0.717, 1.165) is 29.9 Å². The van der Waals surface area contributed by atoms with Gasteiger partial charge >= 0.3 is 5.97 Å². The minimum absolute atomic E-state index is 0.0816. The number of H-pyrrole nitrogens is 1. The third-order valence-electron chi connectivity index (χ3n) is 4.18. The molecule has 1 atom stereocenters. The van der Waals surface area contributed by atoms with Crippen molar-refractivity contribution in [3.05, 3.63) is 74.9 Å². The first kappa shape index (κ1) is 34.2. The maximum absolute atomic E-state index is 10.6. The van der Waals surface area contributed by atoms with Crippen LogP contribution in [-0.4, -0.2) is 48.8 Å². The van der Waals surface area contributed by atoms with E-state index in [1.807, 2.05) is 20.8 Å². The van der Waals surface area contributed by atoms with Crippen molar-refractivity contribution >= 4 is 50.9 Å². The van der Waals surface area contributed by atoms with Gasteiger partial charge in [-0.2, -0.15) is 0 Å². The highest BCUT2D eigenvalue weighted by Crippen LogP contribution is 2.20. The third kappa shape index (κ3) is 17.4. The van der Waals surface area contributed by atoms with E-state index in [2.05, 4.69) is 50.6 Å².